The average Bonchev–Trinajstić information content (AvgIpc) is 2.85. The van der Waals surface area contributed by atoms with Crippen LogP contribution in [-0.2, 0) is 9.53 Å². The SMILES string of the molecule is O=C([CH]C(=Nc1ccccc1/C=C/c1ccccc1)c1ccccc1)N1CCOCC1. The van der Waals surface area contributed by atoms with Gasteiger partial charge in [-0.1, -0.05) is 91.0 Å². The summed E-state index contributed by atoms with van der Waals surface area (Å²) in [4.78, 5) is 19.6. The molecule has 155 valence electrons. The van der Waals surface area contributed by atoms with Gasteiger partial charge in [0, 0.05) is 18.7 Å². The van der Waals surface area contributed by atoms with Crippen LogP contribution in [-0.4, -0.2) is 42.8 Å². The van der Waals surface area contributed by atoms with Crippen LogP contribution in [0.25, 0.3) is 12.2 Å². The molecule has 0 spiro atoms. The van der Waals surface area contributed by atoms with E-state index in [-0.39, 0.29) is 5.91 Å². The summed E-state index contributed by atoms with van der Waals surface area (Å²) in [5.74, 6) is -0.0387. The van der Waals surface area contributed by atoms with Gasteiger partial charge in [-0.25, -0.2) is 0 Å². The van der Waals surface area contributed by atoms with Gasteiger partial charge in [0.15, 0.2) is 0 Å². The molecular formula is C27H25N2O2. The van der Waals surface area contributed by atoms with E-state index in [2.05, 4.69) is 24.3 Å². The van der Waals surface area contributed by atoms with E-state index in [1.54, 1.807) is 6.42 Å². The summed E-state index contributed by atoms with van der Waals surface area (Å²) >= 11 is 0. The first-order valence-electron chi connectivity index (χ1n) is 10.5. The standard InChI is InChI=1S/C27H25N2O2/c30-27(29-17-19-31-20-18-29)21-26(23-11-5-2-6-12-23)28-25-14-8-7-13-24(25)16-15-22-9-3-1-4-10-22/h1-16,21H,17-20H2/b16-15+,28-26?. The van der Waals surface area contributed by atoms with E-state index in [1.165, 1.54) is 0 Å². The van der Waals surface area contributed by atoms with Crippen molar-refractivity contribution in [2.45, 2.75) is 0 Å². The second-order valence-electron chi connectivity index (χ2n) is 7.25. The summed E-state index contributed by atoms with van der Waals surface area (Å²) in [7, 11) is 0. The lowest BCUT2D eigenvalue weighted by atomic mass is 10.1. The Kier molecular flexibility index (Phi) is 7.04. The maximum atomic E-state index is 12.9. The number of carbonyl (C=O) groups is 1. The summed E-state index contributed by atoms with van der Waals surface area (Å²) in [6, 6.07) is 28.0. The molecule has 0 aliphatic carbocycles. The Morgan fingerprint density at radius 1 is 0.806 bits per heavy atom. The Morgan fingerprint density at radius 3 is 2.19 bits per heavy atom. The van der Waals surface area contributed by atoms with Gasteiger partial charge >= 0.3 is 0 Å². The van der Waals surface area contributed by atoms with E-state index >= 15 is 0 Å². The third kappa shape index (κ3) is 5.77. The highest BCUT2D eigenvalue weighted by molar-refractivity contribution is 6.20. The fourth-order valence-electron chi connectivity index (χ4n) is 3.39. The van der Waals surface area contributed by atoms with Gasteiger partial charge in [-0.3, -0.25) is 9.79 Å². The molecule has 3 aromatic carbocycles. The molecule has 1 aliphatic rings. The number of rotatable bonds is 6. The molecule has 0 N–H and O–H groups in total. The number of morpholine rings is 1. The van der Waals surface area contributed by atoms with E-state index in [1.807, 2.05) is 77.7 Å². The maximum absolute atomic E-state index is 12.9. The highest BCUT2D eigenvalue weighted by Crippen LogP contribution is 2.23. The zero-order valence-corrected chi connectivity index (χ0v) is 17.4. The van der Waals surface area contributed by atoms with Gasteiger partial charge in [0.1, 0.15) is 0 Å². The second kappa shape index (κ2) is 10.5. The van der Waals surface area contributed by atoms with Crippen LogP contribution in [0.4, 0.5) is 5.69 Å². The largest absolute Gasteiger partial charge is 0.378 e. The van der Waals surface area contributed by atoms with E-state index in [0.29, 0.717) is 32.0 Å². The van der Waals surface area contributed by atoms with Crippen molar-refractivity contribution in [2.75, 3.05) is 26.3 Å². The van der Waals surface area contributed by atoms with Crippen LogP contribution in [0.3, 0.4) is 0 Å². The first-order chi connectivity index (χ1) is 15.3. The van der Waals surface area contributed by atoms with Gasteiger partial charge in [0.25, 0.3) is 0 Å². The fourth-order valence-corrected chi connectivity index (χ4v) is 3.39. The molecule has 3 aromatic rings. The summed E-state index contributed by atoms with van der Waals surface area (Å²) in [5.41, 5.74) is 4.49. The van der Waals surface area contributed by atoms with Crippen molar-refractivity contribution in [3.63, 3.8) is 0 Å². The van der Waals surface area contributed by atoms with Crippen LogP contribution in [0, 0.1) is 6.42 Å². The number of amides is 1. The molecule has 1 heterocycles. The Hall–Kier alpha value is -3.50. The Labute approximate surface area is 183 Å². The normalized spacial score (nSPS) is 14.7. The zero-order valence-electron chi connectivity index (χ0n) is 17.4. The van der Waals surface area contributed by atoms with Gasteiger partial charge in [0.05, 0.1) is 31.0 Å². The molecule has 0 bridgehead atoms. The molecule has 0 unspecified atom stereocenters. The number of benzene rings is 3. The highest BCUT2D eigenvalue weighted by Gasteiger charge is 2.20. The predicted molar refractivity (Wildman–Crippen MR) is 126 cm³/mol. The van der Waals surface area contributed by atoms with Crippen molar-refractivity contribution in [2.24, 2.45) is 4.99 Å². The third-order valence-corrected chi connectivity index (χ3v) is 5.09. The van der Waals surface area contributed by atoms with Crippen molar-refractivity contribution in [1.82, 2.24) is 4.90 Å². The monoisotopic (exact) mass is 409 g/mol. The van der Waals surface area contributed by atoms with Crippen LogP contribution in [0.15, 0.2) is 89.9 Å². The molecule has 0 atom stereocenters. The molecule has 1 aliphatic heterocycles. The number of hydrogen-bond donors (Lipinski definition) is 0. The van der Waals surface area contributed by atoms with Crippen molar-refractivity contribution in [3.05, 3.63) is 108 Å². The number of nitrogens with zero attached hydrogens (tertiary/aromatic N) is 2. The lowest BCUT2D eigenvalue weighted by Gasteiger charge is -2.27. The fraction of sp³-hybridized carbons (Fsp3) is 0.148. The van der Waals surface area contributed by atoms with Crippen molar-refractivity contribution in [1.29, 1.82) is 0 Å². The van der Waals surface area contributed by atoms with Gasteiger partial charge in [-0.15, -0.1) is 0 Å². The van der Waals surface area contributed by atoms with E-state index in [0.717, 1.165) is 22.4 Å². The van der Waals surface area contributed by atoms with Gasteiger partial charge < -0.3 is 9.64 Å². The van der Waals surface area contributed by atoms with Gasteiger partial charge in [-0.2, -0.15) is 0 Å². The van der Waals surface area contributed by atoms with Crippen molar-refractivity contribution in [3.8, 4) is 0 Å². The minimum absolute atomic E-state index is 0.0387. The maximum Gasteiger partial charge on any atom is 0.233 e. The quantitative estimate of drug-likeness (QED) is 0.423. The second-order valence-corrected chi connectivity index (χ2v) is 7.25. The van der Waals surface area contributed by atoms with E-state index < -0.39 is 0 Å². The third-order valence-electron chi connectivity index (χ3n) is 5.09. The van der Waals surface area contributed by atoms with Gasteiger partial charge in [0.2, 0.25) is 5.91 Å². The molecule has 0 saturated carbocycles. The molecule has 31 heavy (non-hydrogen) atoms. The molecule has 4 rings (SSSR count). The number of carbonyl (C=O) groups excluding carboxylic acids is 1. The summed E-state index contributed by atoms with van der Waals surface area (Å²) in [5, 5.41) is 0. The molecule has 0 aromatic heterocycles. The number of hydrogen-bond acceptors (Lipinski definition) is 3. The van der Waals surface area contributed by atoms with Crippen LogP contribution < -0.4 is 0 Å². The smallest absolute Gasteiger partial charge is 0.233 e. The lowest BCUT2D eigenvalue weighted by molar-refractivity contribution is -0.130. The van der Waals surface area contributed by atoms with Crippen LogP contribution >= 0.6 is 0 Å². The average molecular weight is 410 g/mol. The zero-order chi connectivity index (χ0) is 21.3. The number of ether oxygens (including phenoxy) is 1. The molecule has 4 heteroatoms. The minimum Gasteiger partial charge on any atom is -0.378 e. The predicted octanol–water partition coefficient (Wildman–Crippen LogP) is 5.04. The van der Waals surface area contributed by atoms with Crippen LogP contribution in [0.2, 0.25) is 0 Å². The Balaban J connectivity index is 1.64. The number of aliphatic imine (C=N–C) groups is 1. The van der Waals surface area contributed by atoms with Gasteiger partial charge in [-0.05, 0) is 17.2 Å². The molecular weight excluding hydrogens is 384 g/mol. The molecule has 1 amide bonds. The van der Waals surface area contributed by atoms with Crippen molar-refractivity contribution >= 4 is 29.5 Å². The van der Waals surface area contributed by atoms with E-state index in [9.17, 15) is 4.79 Å². The molecule has 1 fully saturated rings. The van der Waals surface area contributed by atoms with E-state index in [4.69, 9.17) is 9.73 Å². The summed E-state index contributed by atoms with van der Waals surface area (Å²) < 4.78 is 5.37. The highest BCUT2D eigenvalue weighted by atomic mass is 16.5. The Bertz CT molecular complexity index is 1050. The summed E-state index contributed by atoms with van der Waals surface area (Å²) in [6.07, 6.45) is 5.76. The molecule has 1 saturated heterocycles. The number of para-hydroxylation sites is 1. The first kappa shape index (κ1) is 20.8. The topological polar surface area (TPSA) is 41.9 Å². The molecule has 1 radical (unpaired) electrons. The lowest BCUT2D eigenvalue weighted by Crippen LogP contribution is -2.41. The Morgan fingerprint density at radius 2 is 1.45 bits per heavy atom. The van der Waals surface area contributed by atoms with Crippen molar-refractivity contribution < 1.29 is 9.53 Å². The first-order valence-corrected chi connectivity index (χ1v) is 10.5. The van der Waals surface area contributed by atoms with Crippen LogP contribution in [0.5, 0.6) is 0 Å². The van der Waals surface area contributed by atoms with Crippen LogP contribution in [0.1, 0.15) is 16.7 Å². The minimum atomic E-state index is -0.0387. The summed E-state index contributed by atoms with van der Waals surface area (Å²) in [6.45, 7) is 2.36. The molecule has 4 nitrogen and oxygen atoms in total.